The fourth-order valence-electron chi connectivity index (χ4n) is 3.51. The molecule has 3 atom stereocenters. The molecule has 5 heteroatoms. The molecule has 3 rings (SSSR count). The van der Waals surface area contributed by atoms with Crippen LogP contribution >= 0.6 is 11.3 Å². The minimum Gasteiger partial charge on any atom is -0.480 e. The van der Waals surface area contributed by atoms with Gasteiger partial charge in [-0.15, -0.1) is 0 Å². The van der Waals surface area contributed by atoms with E-state index in [1.54, 1.807) is 16.3 Å². The molecule has 102 valence electrons. The van der Waals surface area contributed by atoms with Crippen LogP contribution in [-0.2, 0) is 4.79 Å². The van der Waals surface area contributed by atoms with E-state index in [1.165, 1.54) is 11.3 Å². The maximum Gasteiger partial charge on any atom is 0.326 e. The van der Waals surface area contributed by atoms with Crippen molar-refractivity contribution in [3.8, 4) is 0 Å². The van der Waals surface area contributed by atoms with E-state index in [-0.39, 0.29) is 11.9 Å². The molecule has 1 aromatic heterocycles. The monoisotopic (exact) mass is 279 g/mol. The van der Waals surface area contributed by atoms with Crippen molar-refractivity contribution in [1.29, 1.82) is 0 Å². The van der Waals surface area contributed by atoms with E-state index >= 15 is 0 Å². The first kappa shape index (κ1) is 12.7. The minimum absolute atomic E-state index is 0.108. The lowest BCUT2D eigenvalue weighted by molar-refractivity contribution is -0.141. The predicted octanol–water partition coefficient (Wildman–Crippen LogP) is 2.61. The molecule has 1 aliphatic carbocycles. The number of carbonyl (C=O) groups excluding carboxylic acids is 1. The first-order valence-corrected chi connectivity index (χ1v) is 7.70. The number of amides is 1. The van der Waals surface area contributed by atoms with Crippen molar-refractivity contribution in [2.75, 3.05) is 0 Å². The third-order valence-corrected chi connectivity index (χ3v) is 5.06. The van der Waals surface area contributed by atoms with Crippen LogP contribution in [0.5, 0.6) is 0 Å². The molecule has 1 aromatic rings. The van der Waals surface area contributed by atoms with E-state index in [0.29, 0.717) is 17.9 Å². The third-order valence-electron chi connectivity index (χ3n) is 4.38. The number of nitrogens with zero attached hydrogens (tertiary/aromatic N) is 1. The van der Waals surface area contributed by atoms with Crippen molar-refractivity contribution >= 4 is 23.2 Å². The first-order chi connectivity index (χ1) is 9.18. The summed E-state index contributed by atoms with van der Waals surface area (Å²) in [6.45, 7) is 0. The lowest BCUT2D eigenvalue weighted by Crippen LogP contribution is -2.46. The Balaban J connectivity index is 1.90. The summed E-state index contributed by atoms with van der Waals surface area (Å²) in [7, 11) is 0. The number of aliphatic carboxylic acids is 1. The number of hydrogen-bond donors (Lipinski definition) is 1. The van der Waals surface area contributed by atoms with Gasteiger partial charge in [0.15, 0.2) is 0 Å². The van der Waals surface area contributed by atoms with Gasteiger partial charge in [0.2, 0.25) is 0 Å². The summed E-state index contributed by atoms with van der Waals surface area (Å²) in [6.07, 6.45) is 4.89. The number of carboxylic acid groups (broad SMARTS) is 1. The molecule has 0 aromatic carbocycles. The van der Waals surface area contributed by atoms with Gasteiger partial charge in [0, 0.05) is 11.4 Å². The zero-order chi connectivity index (χ0) is 13.4. The number of fused-ring (bicyclic) bond motifs is 1. The Morgan fingerprint density at radius 2 is 2.11 bits per heavy atom. The Kier molecular flexibility index (Phi) is 3.31. The molecule has 1 amide bonds. The van der Waals surface area contributed by atoms with Crippen molar-refractivity contribution in [3.63, 3.8) is 0 Å². The van der Waals surface area contributed by atoms with Gasteiger partial charge in [-0.1, -0.05) is 12.8 Å². The Labute approximate surface area is 116 Å². The smallest absolute Gasteiger partial charge is 0.326 e. The molecule has 1 aliphatic heterocycles. The van der Waals surface area contributed by atoms with Crippen molar-refractivity contribution in [1.82, 2.24) is 4.90 Å². The highest BCUT2D eigenvalue weighted by atomic mass is 32.1. The average Bonchev–Trinajstić information content (AvgIpc) is 3.05. The summed E-state index contributed by atoms with van der Waals surface area (Å²) in [6, 6.07) is 1.27. The molecular weight excluding hydrogens is 262 g/mol. The largest absolute Gasteiger partial charge is 0.480 e. The number of carbonyl (C=O) groups is 2. The van der Waals surface area contributed by atoms with Crippen LogP contribution in [0.25, 0.3) is 0 Å². The summed E-state index contributed by atoms with van der Waals surface area (Å²) in [4.78, 5) is 25.6. The molecule has 1 N–H and O–H groups in total. The Bertz CT molecular complexity index is 485. The van der Waals surface area contributed by atoms with Crippen molar-refractivity contribution in [2.24, 2.45) is 5.92 Å². The fraction of sp³-hybridized carbons (Fsp3) is 0.571. The summed E-state index contributed by atoms with van der Waals surface area (Å²) < 4.78 is 0. The highest BCUT2D eigenvalue weighted by molar-refractivity contribution is 7.08. The highest BCUT2D eigenvalue weighted by Gasteiger charge is 2.47. The lowest BCUT2D eigenvalue weighted by atomic mass is 9.84. The van der Waals surface area contributed by atoms with E-state index in [1.807, 2.05) is 5.38 Å². The van der Waals surface area contributed by atoms with Gasteiger partial charge in [-0.05, 0) is 36.6 Å². The van der Waals surface area contributed by atoms with Crippen LogP contribution in [0.1, 0.15) is 42.5 Å². The number of carboxylic acids is 1. The van der Waals surface area contributed by atoms with Crippen molar-refractivity contribution in [3.05, 3.63) is 22.4 Å². The van der Waals surface area contributed by atoms with Gasteiger partial charge in [-0.3, -0.25) is 4.79 Å². The van der Waals surface area contributed by atoms with Gasteiger partial charge >= 0.3 is 5.97 Å². The third kappa shape index (κ3) is 2.16. The Morgan fingerprint density at radius 1 is 1.32 bits per heavy atom. The second-order valence-corrected chi connectivity index (χ2v) is 6.21. The zero-order valence-corrected chi connectivity index (χ0v) is 11.4. The molecule has 4 nitrogen and oxygen atoms in total. The normalized spacial score (nSPS) is 30.1. The molecule has 19 heavy (non-hydrogen) atoms. The van der Waals surface area contributed by atoms with Crippen LogP contribution in [-0.4, -0.2) is 34.0 Å². The fourth-order valence-corrected chi connectivity index (χ4v) is 4.14. The SMILES string of the molecule is O=C(O)[C@@H]1C[C@@H]2CCCC[C@H]2N1C(=O)c1ccsc1. The highest BCUT2D eigenvalue weighted by Crippen LogP contribution is 2.40. The molecule has 2 aliphatic rings. The molecule has 1 saturated carbocycles. The van der Waals surface area contributed by atoms with Crippen LogP contribution in [0.2, 0.25) is 0 Å². The first-order valence-electron chi connectivity index (χ1n) is 6.76. The van der Waals surface area contributed by atoms with Gasteiger partial charge in [0.25, 0.3) is 5.91 Å². The minimum atomic E-state index is -0.863. The van der Waals surface area contributed by atoms with Gasteiger partial charge in [-0.2, -0.15) is 11.3 Å². The average molecular weight is 279 g/mol. The number of hydrogen-bond acceptors (Lipinski definition) is 3. The summed E-state index contributed by atoms with van der Waals surface area (Å²) >= 11 is 1.47. The maximum absolute atomic E-state index is 12.5. The van der Waals surface area contributed by atoms with Crippen LogP contribution < -0.4 is 0 Å². The summed E-state index contributed by atoms with van der Waals surface area (Å²) in [5, 5.41) is 13.0. The molecule has 2 heterocycles. The maximum atomic E-state index is 12.5. The summed E-state index contributed by atoms with van der Waals surface area (Å²) in [5.41, 5.74) is 0.627. The van der Waals surface area contributed by atoms with Crippen molar-refractivity contribution < 1.29 is 14.7 Å². The second kappa shape index (κ2) is 4.96. The Morgan fingerprint density at radius 3 is 2.79 bits per heavy atom. The molecule has 2 fully saturated rings. The Hall–Kier alpha value is -1.36. The zero-order valence-electron chi connectivity index (χ0n) is 10.6. The van der Waals surface area contributed by atoms with Crippen LogP contribution in [0, 0.1) is 5.92 Å². The lowest BCUT2D eigenvalue weighted by Gasteiger charge is -2.32. The van der Waals surface area contributed by atoms with E-state index in [4.69, 9.17) is 0 Å². The molecule has 0 spiro atoms. The van der Waals surface area contributed by atoms with Gasteiger partial charge in [-0.25, -0.2) is 4.79 Å². The molecule has 0 unspecified atom stereocenters. The van der Waals surface area contributed by atoms with Gasteiger partial charge in [0.05, 0.1) is 5.56 Å². The number of thiophene rings is 1. The van der Waals surface area contributed by atoms with E-state index < -0.39 is 12.0 Å². The topological polar surface area (TPSA) is 57.6 Å². The van der Waals surface area contributed by atoms with E-state index in [0.717, 1.165) is 25.7 Å². The van der Waals surface area contributed by atoms with Crippen LogP contribution in [0.15, 0.2) is 16.8 Å². The van der Waals surface area contributed by atoms with Gasteiger partial charge < -0.3 is 10.0 Å². The predicted molar refractivity (Wildman–Crippen MR) is 72.3 cm³/mol. The van der Waals surface area contributed by atoms with Gasteiger partial charge in [0.1, 0.15) is 6.04 Å². The second-order valence-electron chi connectivity index (χ2n) is 5.43. The molecule has 0 bridgehead atoms. The molecular formula is C14H17NO3S. The van der Waals surface area contributed by atoms with E-state index in [9.17, 15) is 14.7 Å². The molecule has 0 radical (unpaired) electrons. The number of likely N-dealkylation sites (tertiary alicyclic amines) is 1. The summed E-state index contributed by atoms with van der Waals surface area (Å²) in [5.74, 6) is -0.599. The quantitative estimate of drug-likeness (QED) is 0.905. The van der Waals surface area contributed by atoms with Crippen LogP contribution in [0.3, 0.4) is 0 Å². The van der Waals surface area contributed by atoms with Crippen LogP contribution in [0.4, 0.5) is 0 Å². The standard InChI is InChI=1S/C14H17NO3S/c16-13(10-5-6-19-8-10)15-11-4-2-1-3-9(11)7-12(15)14(17)18/h5-6,8-9,11-12H,1-4,7H2,(H,17,18)/t9-,11+,12-/m0/s1. The number of rotatable bonds is 2. The van der Waals surface area contributed by atoms with E-state index in [2.05, 4.69) is 0 Å². The van der Waals surface area contributed by atoms with Crippen molar-refractivity contribution in [2.45, 2.75) is 44.2 Å². The molecule has 1 saturated heterocycles.